The van der Waals surface area contributed by atoms with E-state index in [-0.39, 0.29) is 5.82 Å². The summed E-state index contributed by atoms with van der Waals surface area (Å²) < 4.78 is 19.9. The molecule has 0 spiro atoms. The molecule has 4 rings (SSSR count). The topological polar surface area (TPSA) is 22.1 Å². The van der Waals surface area contributed by atoms with Crippen LogP contribution >= 0.6 is 11.8 Å². The largest absolute Gasteiger partial charge is 0.488 e. The SMILES string of the molecule is CCCc1ccc2c(OCc3cc(F)cc(SC4CC4)c3)ccnc2c1. The van der Waals surface area contributed by atoms with Crippen molar-refractivity contribution in [3.63, 3.8) is 0 Å². The Kier molecular flexibility index (Phi) is 5.11. The highest BCUT2D eigenvalue weighted by atomic mass is 32.2. The molecule has 1 aliphatic rings. The van der Waals surface area contributed by atoms with E-state index < -0.39 is 0 Å². The number of fused-ring (bicyclic) bond motifs is 1. The van der Waals surface area contributed by atoms with Gasteiger partial charge in [-0.05, 0) is 66.8 Å². The first kappa shape index (κ1) is 17.3. The molecule has 3 aromatic rings. The van der Waals surface area contributed by atoms with Crippen molar-refractivity contribution in [3.05, 3.63) is 65.6 Å². The van der Waals surface area contributed by atoms with Gasteiger partial charge in [0.05, 0.1) is 5.52 Å². The normalized spacial score (nSPS) is 13.9. The van der Waals surface area contributed by atoms with Gasteiger partial charge in [-0.1, -0.05) is 19.4 Å². The molecular formula is C22H22FNOS. The second-order valence-electron chi connectivity index (χ2n) is 6.81. The minimum Gasteiger partial charge on any atom is -0.488 e. The summed E-state index contributed by atoms with van der Waals surface area (Å²) in [5.74, 6) is 0.594. The number of aryl methyl sites for hydroxylation is 1. The van der Waals surface area contributed by atoms with E-state index in [1.165, 1.54) is 18.4 Å². The van der Waals surface area contributed by atoms with Crippen LogP contribution in [-0.4, -0.2) is 10.2 Å². The second-order valence-corrected chi connectivity index (χ2v) is 8.19. The number of hydrogen-bond acceptors (Lipinski definition) is 3. The van der Waals surface area contributed by atoms with Gasteiger partial charge in [0.25, 0.3) is 0 Å². The fourth-order valence-electron chi connectivity index (χ4n) is 3.05. The molecule has 1 heterocycles. The smallest absolute Gasteiger partial charge is 0.130 e. The van der Waals surface area contributed by atoms with Crippen molar-refractivity contribution in [2.75, 3.05) is 0 Å². The summed E-state index contributed by atoms with van der Waals surface area (Å²) >= 11 is 1.76. The molecule has 0 amide bonds. The molecule has 134 valence electrons. The molecule has 2 aromatic carbocycles. The summed E-state index contributed by atoms with van der Waals surface area (Å²) in [6, 6.07) is 13.4. The lowest BCUT2D eigenvalue weighted by molar-refractivity contribution is 0.309. The summed E-state index contributed by atoms with van der Waals surface area (Å²) in [4.78, 5) is 5.46. The first-order valence-electron chi connectivity index (χ1n) is 9.18. The van der Waals surface area contributed by atoms with E-state index in [1.807, 2.05) is 12.1 Å². The molecule has 1 aromatic heterocycles. The zero-order valence-electron chi connectivity index (χ0n) is 14.9. The average Bonchev–Trinajstić information content (AvgIpc) is 3.43. The number of ether oxygens (including phenoxy) is 1. The number of benzene rings is 2. The molecule has 0 aliphatic heterocycles. The molecule has 4 heteroatoms. The average molecular weight is 367 g/mol. The van der Waals surface area contributed by atoms with Gasteiger partial charge in [0, 0.05) is 21.7 Å². The second kappa shape index (κ2) is 7.67. The fourth-order valence-corrected chi connectivity index (χ4v) is 4.21. The lowest BCUT2D eigenvalue weighted by Gasteiger charge is -2.11. The molecule has 1 fully saturated rings. The number of rotatable bonds is 7. The van der Waals surface area contributed by atoms with Crippen LogP contribution in [0.1, 0.15) is 37.3 Å². The Morgan fingerprint density at radius 1 is 1.12 bits per heavy atom. The lowest BCUT2D eigenvalue weighted by atomic mass is 10.1. The Morgan fingerprint density at radius 3 is 2.81 bits per heavy atom. The highest BCUT2D eigenvalue weighted by Crippen LogP contribution is 2.39. The van der Waals surface area contributed by atoms with Crippen LogP contribution in [0.3, 0.4) is 0 Å². The molecule has 0 bridgehead atoms. The van der Waals surface area contributed by atoms with Crippen LogP contribution in [0, 0.1) is 5.82 Å². The van der Waals surface area contributed by atoms with Gasteiger partial charge in [-0.2, -0.15) is 0 Å². The molecule has 26 heavy (non-hydrogen) atoms. The molecule has 0 N–H and O–H groups in total. The van der Waals surface area contributed by atoms with Gasteiger partial charge in [-0.15, -0.1) is 11.8 Å². The van der Waals surface area contributed by atoms with Gasteiger partial charge >= 0.3 is 0 Å². The number of nitrogens with zero attached hydrogens (tertiary/aromatic N) is 1. The van der Waals surface area contributed by atoms with Crippen LogP contribution in [0.15, 0.2) is 53.6 Å². The summed E-state index contributed by atoms with van der Waals surface area (Å²) in [7, 11) is 0. The van der Waals surface area contributed by atoms with E-state index in [2.05, 4.69) is 30.1 Å². The highest BCUT2D eigenvalue weighted by molar-refractivity contribution is 8.00. The first-order chi connectivity index (χ1) is 12.7. The van der Waals surface area contributed by atoms with E-state index in [0.29, 0.717) is 11.9 Å². The van der Waals surface area contributed by atoms with Crippen molar-refractivity contribution in [1.82, 2.24) is 4.98 Å². The van der Waals surface area contributed by atoms with Crippen molar-refractivity contribution in [1.29, 1.82) is 0 Å². The molecule has 1 saturated carbocycles. The van der Waals surface area contributed by atoms with Crippen LogP contribution in [0.5, 0.6) is 5.75 Å². The number of hydrogen-bond donors (Lipinski definition) is 0. The van der Waals surface area contributed by atoms with Crippen molar-refractivity contribution >= 4 is 22.7 Å². The maximum Gasteiger partial charge on any atom is 0.130 e. The monoisotopic (exact) mass is 367 g/mol. The minimum atomic E-state index is -0.196. The summed E-state index contributed by atoms with van der Waals surface area (Å²) in [6.45, 7) is 2.53. The van der Waals surface area contributed by atoms with Crippen LogP contribution in [-0.2, 0) is 13.0 Å². The van der Waals surface area contributed by atoms with E-state index in [0.717, 1.165) is 40.0 Å². The van der Waals surface area contributed by atoms with Gasteiger partial charge in [-0.25, -0.2) is 4.39 Å². The molecule has 2 nitrogen and oxygen atoms in total. The maximum absolute atomic E-state index is 13.9. The third-order valence-corrected chi connectivity index (χ3v) is 5.77. The van der Waals surface area contributed by atoms with E-state index >= 15 is 0 Å². The molecular weight excluding hydrogens is 345 g/mol. The predicted molar refractivity (Wildman–Crippen MR) is 105 cm³/mol. The standard InChI is InChI=1S/C22H22FNOS/c1-2-3-15-4-7-20-21(12-15)24-9-8-22(20)25-14-16-10-17(23)13-19(11-16)26-18-5-6-18/h4,7-13,18H,2-3,5-6,14H2,1H3. The number of aromatic nitrogens is 1. The van der Waals surface area contributed by atoms with Crippen LogP contribution in [0.4, 0.5) is 4.39 Å². The summed E-state index contributed by atoms with van der Waals surface area (Å²) in [5.41, 5.74) is 3.09. The fraction of sp³-hybridized carbons (Fsp3) is 0.318. The quantitative estimate of drug-likeness (QED) is 0.499. The lowest BCUT2D eigenvalue weighted by Crippen LogP contribution is -1.98. The predicted octanol–water partition coefficient (Wildman–Crippen LogP) is 6.16. The molecule has 1 aliphatic carbocycles. The van der Waals surface area contributed by atoms with E-state index in [9.17, 15) is 4.39 Å². The Balaban J connectivity index is 1.53. The summed E-state index contributed by atoms with van der Waals surface area (Å²) in [6.07, 6.45) is 6.40. The van der Waals surface area contributed by atoms with Crippen molar-refractivity contribution in [2.45, 2.75) is 49.4 Å². The van der Waals surface area contributed by atoms with Gasteiger partial charge in [-0.3, -0.25) is 4.98 Å². The minimum absolute atomic E-state index is 0.196. The Hall–Kier alpha value is -2.07. The van der Waals surface area contributed by atoms with E-state index in [4.69, 9.17) is 4.74 Å². The molecule has 0 radical (unpaired) electrons. The van der Waals surface area contributed by atoms with E-state index in [1.54, 1.807) is 30.1 Å². The molecule has 0 unspecified atom stereocenters. The Labute approximate surface area is 157 Å². The summed E-state index contributed by atoms with van der Waals surface area (Å²) in [5, 5.41) is 1.66. The van der Waals surface area contributed by atoms with Crippen LogP contribution in [0.2, 0.25) is 0 Å². The van der Waals surface area contributed by atoms with Crippen molar-refractivity contribution in [2.24, 2.45) is 0 Å². The van der Waals surface area contributed by atoms with Gasteiger partial charge in [0.1, 0.15) is 18.2 Å². The zero-order chi connectivity index (χ0) is 17.9. The molecule has 0 saturated heterocycles. The number of thioether (sulfide) groups is 1. The Bertz CT molecular complexity index is 923. The highest BCUT2D eigenvalue weighted by Gasteiger charge is 2.22. The first-order valence-corrected chi connectivity index (χ1v) is 10.1. The van der Waals surface area contributed by atoms with Crippen molar-refractivity contribution in [3.8, 4) is 5.75 Å². The van der Waals surface area contributed by atoms with Crippen LogP contribution in [0.25, 0.3) is 10.9 Å². The van der Waals surface area contributed by atoms with Crippen LogP contribution < -0.4 is 4.74 Å². The van der Waals surface area contributed by atoms with Gasteiger partial charge in [0.15, 0.2) is 0 Å². The molecule has 0 atom stereocenters. The third kappa shape index (κ3) is 4.18. The van der Waals surface area contributed by atoms with Crippen molar-refractivity contribution < 1.29 is 9.13 Å². The number of pyridine rings is 1. The van der Waals surface area contributed by atoms with Gasteiger partial charge in [0.2, 0.25) is 0 Å². The Morgan fingerprint density at radius 2 is 2.00 bits per heavy atom. The third-order valence-electron chi connectivity index (χ3n) is 4.46. The van der Waals surface area contributed by atoms with Gasteiger partial charge < -0.3 is 4.74 Å². The maximum atomic E-state index is 13.9. The zero-order valence-corrected chi connectivity index (χ0v) is 15.7. The number of halogens is 1.